The fourth-order valence-corrected chi connectivity index (χ4v) is 3.81. The highest BCUT2D eigenvalue weighted by atomic mass is 35.5. The van der Waals surface area contributed by atoms with Gasteiger partial charge >= 0.3 is 6.03 Å². The molecule has 168 valence electrons. The van der Waals surface area contributed by atoms with Gasteiger partial charge in [-0.2, -0.15) is 0 Å². The average Bonchev–Trinajstić information content (AvgIpc) is 3.14. The summed E-state index contributed by atoms with van der Waals surface area (Å²) < 4.78 is 24.3. The molecule has 7 nitrogen and oxygen atoms in total. The Kier molecular flexibility index (Phi) is 6.22. The zero-order valence-corrected chi connectivity index (χ0v) is 18.5. The van der Waals surface area contributed by atoms with Crippen molar-refractivity contribution in [1.29, 1.82) is 0 Å². The topological polar surface area (TPSA) is 84.9 Å². The van der Waals surface area contributed by atoms with Crippen LogP contribution in [0.15, 0.2) is 54.6 Å². The van der Waals surface area contributed by atoms with E-state index in [1.807, 2.05) is 0 Å². The van der Waals surface area contributed by atoms with Crippen molar-refractivity contribution in [3.63, 3.8) is 0 Å². The van der Waals surface area contributed by atoms with E-state index >= 15 is 0 Å². The van der Waals surface area contributed by atoms with Gasteiger partial charge in [-0.05, 0) is 54.6 Å². The van der Waals surface area contributed by atoms with Crippen molar-refractivity contribution < 1.29 is 28.2 Å². The predicted molar refractivity (Wildman–Crippen MR) is 120 cm³/mol. The highest BCUT2D eigenvalue weighted by molar-refractivity contribution is 6.38. The Morgan fingerprint density at radius 1 is 1.03 bits per heavy atom. The maximum absolute atomic E-state index is 13.2. The number of ketones is 1. The number of carbonyl (C=O) groups excluding carboxylic acids is 3. The lowest BCUT2D eigenvalue weighted by Crippen LogP contribution is -2.27. The second-order valence-corrected chi connectivity index (χ2v) is 7.79. The lowest BCUT2D eigenvalue weighted by Gasteiger charge is -2.17. The number of carbonyl (C=O) groups is 3. The highest BCUT2D eigenvalue weighted by Gasteiger charge is 2.29. The van der Waals surface area contributed by atoms with Gasteiger partial charge in [-0.15, -0.1) is 0 Å². The number of halogens is 3. The van der Waals surface area contributed by atoms with E-state index in [2.05, 4.69) is 5.32 Å². The molecular weight excluding hydrogens is 474 g/mol. The SMILES string of the molecule is COc1ccc(Oc2c(Cl)cc(N3CC(=O)NC3=O)cc2Cl)cc1C(=O)c1ccc(F)cc1. The molecule has 33 heavy (non-hydrogen) atoms. The van der Waals surface area contributed by atoms with Crippen LogP contribution in [-0.4, -0.2) is 31.4 Å². The fraction of sp³-hybridized carbons (Fsp3) is 0.0870. The summed E-state index contributed by atoms with van der Waals surface area (Å²) in [4.78, 5) is 37.5. The van der Waals surface area contributed by atoms with Gasteiger partial charge in [-0.3, -0.25) is 19.8 Å². The molecule has 1 aliphatic rings. The maximum Gasteiger partial charge on any atom is 0.329 e. The molecule has 1 aliphatic heterocycles. The first-order chi connectivity index (χ1) is 15.8. The van der Waals surface area contributed by atoms with E-state index in [0.29, 0.717) is 11.4 Å². The van der Waals surface area contributed by atoms with E-state index < -0.39 is 23.5 Å². The molecule has 3 aromatic rings. The molecule has 10 heteroatoms. The van der Waals surface area contributed by atoms with Crippen LogP contribution < -0.4 is 19.7 Å². The van der Waals surface area contributed by atoms with Crippen LogP contribution >= 0.6 is 23.2 Å². The molecule has 0 radical (unpaired) electrons. The summed E-state index contributed by atoms with van der Waals surface area (Å²) in [7, 11) is 1.42. The van der Waals surface area contributed by atoms with Gasteiger partial charge in [0.25, 0.3) is 0 Å². The normalized spacial score (nSPS) is 13.2. The third kappa shape index (κ3) is 4.62. The minimum atomic E-state index is -0.583. The molecule has 0 aromatic heterocycles. The number of ether oxygens (including phenoxy) is 2. The number of imide groups is 1. The molecule has 1 saturated heterocycles. The van der Waals surface area contributed by atoms with Crippen molar-refractivity contribution in [3.05, 3.63) is 81.6 Å². The first kappa shape index (κ1) is 22.6. The summed E-state index contributed by atoms with van der Waals surface area (Å²) in [6, 6.07) is 12.0. The summed E-state index contributed by atoms with van der Waals surface area (Å²) in [6.07, 6.45) is 0. The Hall–Kier alpha value is -3.62. The lowest BCUT2D eigenvalue weighted by molar-refractivity contribution is -0.117. The van der Waals surface area contributed by atoms with E-state index in [4.69, 9.17) is 32.7 Å². The summed E-state index contributed by atoms with van der Waals surface area (Å²) >= 11 is 12.7. The molecule has 3 amide bonds. The molecular formula is C23H15Cl2FN2O5. The van der Waals surface area contributed by atoms with Crippen LogP contribution in [0.25, 0.3) is 0 Å². The Bertz CT molecular complexity index is 1260. The third-order valence-corrected chi connectivity index (χ3v) is 5.39. The summed E-state index contributed by atoms with van der Waals surface area (Å²) in [5.41, 5.74) is 0.783. The Morgan fingerprint density at radius 3 is 2.27 bits per heavy atom. The van der Waals surface area contributed by atoms with E-state index in [9.17, 15) is 18.8 Å². The van der Waals surface area contributed by atoms with Crippen LogP contribution in [-0.2, 0) is 4.79 Å². The van der Waals surface area contributed by atoms with Crippen LogP contribution in [0.3, 0.4) is 0 Å². The number of anilines is 1. The molecule has 1 fully saturated rings. The molecule has 3 aromatic carbocycles. The van der Waals surface area contributed by atoms with Gasteiger partial charge in [0.2, 0.25) is 5.91 Å². The van der Waals surface area contributed by atoms with Gasteiger partial charge in [-0.1, -0.05) is 23.2 Å². The minimum absolute atomic E-state index is 0.0897. The zero-order valence-electron chi connectivity index (χ0n) is 17.0. The van der Waals surface area contributed by atoms with Crippen LogP contribution in [0.1, 0.15) is 15.9 Å². The van der Waals surface area contributed by atoms with Gasteiger partial charge < -0.3 is 9.47 Å². The van der Waals surface area contributed by atoms with Crippen LogP contribution in [0.4, 0.5) is 14.9 Å². The largest absolute Gasteiger partial charge is 0.496 e. The highest BCUT2D eigenvalue weighted by Crippen LogP contribution is 2.41. The number of nitrogens with zero attached hydrogens (tertiary/aromatic N) is 1. The first-order valence-corrected chi connectivity index (χ1v) is 10.3. The number of benzene rings is 3. The molecule has 0 bridgehead atoms. The van der Waals surface area contributed by atoms with Gasteiger partial charge in [0, 0.05) is 11.3 Å². The monoisotopic (exact) mass is 488 g/mol. The molecule has 0 unspecified atom stereocenters. The second-order valence-electron chi connectivity index (χ2n) is 6.98. The number of nitrogens with one attached hydrogen (secondary N) is 1. The Balaban J connectivity index is 1.65. The van der Waals surface area contributed by atoms with Crippen molar-refractivity contribution in [1.82, 2.24) is 5.32 Å². The van der Waals surface area contributed by atoms with E-state index in [1.165, 1.54) is 54.5 Å². The second kappa shape index (κ2) is 9.09. The molecule has 0 atom stereocenters. The Morgan fingerprint density at radius 2 is 1.70 bits per heavy atom. The number of urea groups is 1. The fourth-order valence-electron chi connectivity index (χ4n) is 3.25. The summed E-state index contributed by atoms with van der Waals surface area (Å²) in [5, 5.41) is 2.35. The van der Waals surface area contributed by atoms with Crippen molar-refractivity contribution in [3.8, 4) is 17.2 Å². The number of hydrogen-bond donors (Lipinski definition) is 1. The molecule has 1 heterocycles. The van der Waals surface area contributed by atoms with Gasteiger partial charge in [0.15, 0.2) is 11.5 Å². The standard InChI is InChI=1S/C23H15Cl2FN2O5/c1-32-19-7-6-15(10-16(19)21(30)12-2-4-13(26)5-3-12)33-22-17(24)8-14(9-18(22)25)28-11-20(29)27-23(28)31/h2-10H,11H2,1H3,(H,27,29,31). The van der Waals surface area contributed by atoms with Gasteiger partial charge in [0.05, 0.1) is 22.7 Å². The average molecular weight is 489 g/mol. The third-order valence-electron chi connectivity index (χ3n) is 4.83. The van der Waals surface area contributed by atoms with E-state index in [1.54, 1.807) is 12.1 Å². The summed E-state index contributed by atoms with van der Waals surface area (Å²) in [6.45, 7) is -0.154. The number of methoxy groups -OCH3 is 1. The van der Waals surface area contributed by atoms with E-state index in [0.717, 1.165) is 0 Å². The predicted octanol–water partition coefficient (Wildman–Crippen LogP) is 5.22. The molecule has 0 spiro atoms. The van der Waals surface area contributed by atoms with Crippen molar-refractivity contribution in [2.75, 3.05) is 18.6 Å². The van der Waals surface area contributed by atoms with Crippen LogP contribution in [0, 0.1) is 5.82 Å². The molecule has 4 rings (SSSR count). The van der Waals surface area contributed by atoms with Crippen LogP contribution in [0.5, 0.6) is 17.2 Å². The number of amides is 3. The molecule has 1 N–H and O–H groups in total. The minimum Gasteiger partial charge on any atom is -0.496 e. The smallest absolute Gasteiger partial charge is 0.329 e. The number of rotatable bonds is 6. The first-order valence-electron chi connectivity index (χ1n) is 9.53. The Labute approximate surface area is 197 Å². The van der Waals surface area contributed by atoms with Crippen molar-refractivity contribution >= 4 is 46.6 Å². The van der Waals surface area contributed by atoms with Gasteiger partial charge in [0.1, 0.15) is 23.9 Å². The molecule has 0 aliphatic carbocycles. The lowest BCUT2D eigenvalue weighted by atomic mass is 10.0. The maximum atomic E-state index is 13.2. The van der Waals surface area contributed by atoms with Crippen molar-refractivity contribution in [2.24, 2.45) is 0 Å². The molecule has 0 saturated carbocycles. The quantitative estimate of drug-likeness (QED) is 0.379. The zero-order chi connectivity index (χ0) is 23.7. The summed E-state index contributed by atoms with van der Waals surface area (Å²) in [5.74, 6) is -0.656. The van der Waals surface area contributed by atoms with Gasteiger partial charge in [-0.25, -0.2) is 9.18 Å². The van der Waals surface area contributed by atoms with Crippen molar-refractivity contribution in [2.45, 2.75) is 0 Å². The van der Waals surface area contributed by atoms with Crippen LogP contribution in [0.2, 0.25) is 10.0 Å². The van der Waals surface area contributed by atoms with E-state index in [-0.39, 0.29) is 39.2 Å². The number of hydrogen-bond acceptors (Lipinski definition) is 5.